The van der Waals surface area contributed by atoms with Crippen LogP contribution in [0.25, 0.3) is 22.0 Å². The number of nitrogens with zero attached hydrogens (tertiary/aromatic N) is 2. The Balaban J connectivity index is 1.63. The van der Waals surface area contributed by atoms with Gasteiger partial charge in [0.05, 0.1) is 26.9 Å². The van der Waals surface area contributed by atoms with E-state index in [0.29, 0.717) is 38.7 Å². The van der Waals surface area contributed by atoms with E-state index in [1.807, 2.05) is 18.2 Å². The fourth-order valence-corrected chi connectivity index (χ4v) is 5.45. The highest BCUT2D eigenvalue weighted by atomic mass is 16.5. The van der Waals surface area contributed by atoms with Gasteiger partial charge in [-0.2, -0.15) is 0 Å². The maximum absolute atomic E-state index is 13.5. The van der Waals surface area contributed by atoms with Crippen molar-refractivity contribution in [3.8, 4) is 16.9 Å². The van der Waals surface area contributed by atoms with Crippen molar-refractivity contribution >= 4 is 22.6 Å². The minimum Gasteiger partial charge on any atom is -0.491 e. The first-order valence-electron chi connectivity index (χ1n) is 14.2. The summed E-state index contributed by atoms with van der Waals surface area (Å²) in [5, 5.41) is 1.01. The third-order valence-electron chi connectivity index (χ3n) is 7.61. The van der Waals surface area contributed by atoms with E-state index in [0.717, 1.165) is 52.1 Å². The lowest BCUT2D eigenvalue weighted by Gasteiger charge is -2.29. The van der Waals surface area contributed by atoms with Crippen LogP contribution in [0.15, 0.2) is 66.7 Å². The first-order valence-corrected chi connectivity index (χ1v) is 14.2. The van der Waals surface area contributed by atoms with Crippen LogP contribution in [0.1, 0.15) is 42.4 Å². The fourth-order valence-electron chi connectivity index (χ4n) is 5.45. The molecular weight excluding hydrogens is 516 g/mol. The molecule has 1 aliphatic rings. The molecule has 0 bridgehead atoms. The number of aromatic nitrogens is 1. The van der Waals surface area contributed by atoms with Crippen LogP contribution in [0.4, 0.5) is 5.69 Å². The largest absolute Gasteiger partial charge is 0.491 e. The van der Waals surface area contributed by atoms with Gasteiger partial charge in [-0.3, -0.25) is 0 Å². The Morgan fingerprint density at radius 2 is 1.66 bits per heavy atom. The van der Waals surface area contributed by atoms with E-state index in [1.165, 1.54) is 12.7 Å². The average molecular weight is 557 g/mol. The smallest absolute Gasteiger partial charge is 0.355 e. The number of methoxy groups -OCH3 is 2. The summed E-state index contributed by atoms with van der Waals surface area (Å²) in [5.74, 6) is 0.409. The molecule has 0 aliphatic carbocycles. The van der Waals surface area contributed by atoms with Crippen LogP contribution in [0.5, 0.6) is 5.75 Å². The van der Waals surface area contributed by atoms with E-state index in [4.69, 9.17) is 18.9 Å². The van der Waals surface area contributed by atoms with Crippen LogP contribution < -0.4 is 9.64 Å². The van der Waals surface area contributed by atoms with E-state index in [9.17, 15) is 4.79 Å². The number of rotatable bonds is 9. The number of para-hydroxylation sites is 1. The molecule has 2 heterocycles. The molecule has 5 rings (SSSR count). The van der Waals surface area contributed by atoms with Crippen molar-refractivity contribution in [2.75, 3.05) is 58.6 Å². The number of benzene rings is 3. The molecule has 0 N–H and O–H groups in total. The second kappa shape index (κ2) is 12.4. The summed E-state index contributed by atoms with van der Waals surface area (Å²) in [6.45, 7) is 11.0. The lowest BCUT2D eigenvalue weighted by molar-refractivity contribution is 0.0590. The molecule has 0 spiro atoms. The van der Waals surface area contributed by atoms with E-state index < -0.39 is 0 Å². The topological polar surface area (TPSA) is 62.2 Å². The van der Waals surface area contributed by atoms with Crippen LogP contribution in [0.2, 0.25) is 0 Å². The summed E-state index contributed by atoms with van der Waals surface area (Å²) in [4.78, 5) is 15.8. The average Bonchev–Trinajstić information content (AvgIpc) is 3.30. The highest BCUT2D eigenvalue weighted by Gasteiger charge is 2.26. The molecule has 7 heteroatoms. The lowest BCUT2D eigenvalue weighted by atomic mass is 9.86. The predicted octanol–water partition coefficient (Wildman–Crippen LogP) is 6.30. The molecule has 0 atom stereocenters. The Morgan fingerprint density at radius 3 is 2.34 bits per heavy atom. The van der Waals surface area contributed by atoms with Crippen molar-refractivity contribution in [2.24, 2.45) is 0 Å². The molecule has 0 unspecified atom stereocenters. The van der Waals surface area contributed by atoms with Crippen molar-refractivity contribution in [1.82, 2.24) is 4.57 Å². The molecule has 0 saturated carbocycles. The zero-order valence-corrected chi connectivity index (χ0v) is 24.7. The van der Waals surface area contributed by atoms with Crippen molar-refractivity contribution in [1.29, 1.82) is 0 Å². The zero-order valence-electron chi connectivity index (χ0n) is 24.7. The van der Waals surface area contributed by atoms with Gasteiger partial charge in [0.15, 0.2) is 0 Å². The Bertz CT molecular complexity index is 1490. The van der Waals surface area contributed by atoms with Gasteiger partial charge in [0.2, 0.25) is 0 Å². The molecule has 216 valence electrons. The van der Waals surface area contributed by atoms with Gasteiger partial charge in [-0.15, -0.1) is 0 Å². The number of carbonyl (C=O) groups excluding carboxylic acids is 1. The normalized spacial score (nSPS) is 13.9. The Labute approximate surface area is 242 Å². The van der Waals surface area contributed by atoms with Gasteiger partial charge >= 0.3 is 5.97 Å². The van der Waals surface area contributed by atoms with Gasteiger partial charge in [-0.25, -0.2) is 4.79 Å². The monoisotopic (exact) mass is 556 g/mol. The summed E-state index contributed by atoms with van der Waals surface area (Å²) < 4.78 is 24.3. The molecule has 1 aliphatic heterocycles. The molecule has 1 saturated heterocycles. The van der Waals surface area contributed by atoms with Crippen LogP contribution in [-0.4, -0.2) is 64.3 Å². The van der Waals surface area contributed by atoms with Gasteiger partial charge in [0.1, 0.15) is 18.1 Å². The number of esters is 1. The second-order valence-electron chi connectivity index (χ2n) is 11.4. The lowest BCUT2D eigenvalue weighted by Crippen LogP contribution is -2.36. The van der Waals surface area contributed by atoms with Gasteiger partial charge < -0.3 is 28.4 Å². The number of fused-ring (bicyclic) bond motifs is 1. The van der Waals surface area contributed by atoms with E-state index >= 15 is 0 Å². The summed E-state index contributed by atoms with van der Waals surface area (Å²) in [7, 11) is 3.11. The molecule has 1 fully saturated rings. The molecule has 0 amide bonds. The highest BCUT2D eigenvalue weighted by molar-refractivity contribution is 6.08. The van der Waals surface area contributed by atoms with Crippen LogP contribution in [-0.2, 0) is 26.2 Å². The molecule has 3 aromatic carbocycles. The third-order valence-corrected chi connectivity index (χ3v) is 7.61. The second-order valence-corrected chi connectivity index (χ2v) is 11.4. The standard InChI is InChI=1S/C34H40N2O5/c1-34(2,3)26-12-10-25(11-13-26)31-29-8-6-7-9-30(29)36(32(31)33(37)39-5)23-24-20-27(35-14-16-40-17-15-35)22-28(21-24)41-19-18-38-4/h6-13,20-22H,14-19,23H2,1-5H3. The minimum absolute atomic E-state index is 0.0340. The van der Waals surface area contributed by atoms with Crippen LogP contribution >= 0.6 is 0 Å². The van der Waals surface area contributed by atoms with Crippen LogP contribution in [0, 0.1) is 0 Å². The summed E-state index contributed by atoms with van der Waals surface area (Å²) in [6.07, 6.45) is 0. The van der Waals surface area contributed by atoms with Gasteiger partial charge in [-0.05, 0) is 40.3 Å². The van der Waals surface area contributed by atoms with Gasteiger partial charge in [-0.1, -0.05) is 63.2 Å². The van der Waals surface area contributed by atoms with Crippen molar-refractivity contribution in [2.45, 2.75) is 32.7 Å². The number of hydrogen-bond donors (Lipinski definition) is 0. The van der Waals surface area contributed by atoms with Crippen molar-refractivity contribution in [3.05, 3.63) is 83.6 Å². The predicted molar refractivity (Wildman–Crippen MR) is 163 cm³/mol. The Kier molecular flexibility index (Phi) is 8.66. The maximum atomic E-state index is 13.5. The quantitative estimate of drug-likeness (QED) is 0.178. The van der Waals surface area contributed by atoms with E-state index in [-0.39, 0.29) is 11.4 Å². The van der Waals surface area contributed by atoms with Gasteiger partial charge in [0.25, 0.3) is 0 Å². The third kappa shape index (κ3) is 6.26. The molecule has 7 nitrogen and oxygen atoms in total. The number of carbonyl (C=O) groups is 1. The summed E-state index contributed by atoms with van der Waals surface area (Å²) >= 11 is 0. The van der Waals surface area contributed by atoms with Gasteiger partial charge in [0, 0.05) is 55.0 Å². The first kappa shape index (κ1) is 28.7. The number of anilines is 1. The van der Waals surface area contributed by atoms with Crippen LogP contribution in [0.3, 0.4) is 0 Å². The van der Waals surface area contributed by atoms with E-state index in [1.54, 1.807) is 7.11 Å². The number of hydrogen-bond acceptors (Lipinski definition) is 6. The molecule has 1 aromatic heterocycles. The van der Waals surface area contributed by atoms with E-state index in [2.05, 4.69) is 78.8 Å². The maximum Gasteiger partial charge on any atom is 0.355 e. The zero-order chi connectivity index (χ0) is 29.0. The molecular formula is C34H40N2O5. The summed E-state index contributed by atoms with van der Waals surface area (Å²) in [5.41, 5.74) is 6.76. The molecule has 41 heavy (non-hydrogen) atoms. The Morgan fingerprint density at radius 1 is 0.927 bits per heavy atom. The minimum atomic E-state index is -0.364. The number of ether oxygens (including phenoxy) is 4. The molecule has 0 radical (unpaired) electrons. The summed E-state index contributed by atoms with van der Waals surface area (Å²) in [6, 6.07) is 23.0. The molecule has 4 aromatic rings. The Hall–Kier alpha value is -3.81. The first-order chi connectivity index (χ1) is 19.8. The van der Waals surface area contributed by atoms with Crippen molar-refractivity contribution in [3.63, 3.8) is 0 Å². The number of morpholine rings is 1. The SMILES string of the molecule is COCCOc1cc(Cn2c(C(=O)OC)c(-c3ccc(C(C)(C)C)cc3)c3ccccc32)cc(N2CCOCC2)c1. The van der Waals surface area contributed by atoms with Crippen molar-refractivity contribution < 1.29 is 23.7 Å². The fraction of sp³-hybridized carbons (Fsp3) is 0.382. The highest BCUT2D eigenvalue weighted by Crippen LogP contribution is 2.38.